The van der Waals surface area contributed by atoms with E-state index in [1.165, 1.54) is 18.2 Å². The van der Waals surface area contributed by atoms with Crippen LogP contribution < -0.4 is 11.1 Å². The van der Waals surface area contributed by atoms with Gasteiger partial charge in [-0.1, -0.05) is 13.8 Å². The fraction of sp³-hybridized carbons (Fsp3) is 0.533. The Morgan fingerprint density at radius 3 is 2.63 bits per heavy atom. The average Bonchev–Trinajstić information content (AvgIpc) is 2.35. The van der Waals surface area contributed by atoms with E-state index in [9.17, 15) is 9.18 Å². The van der Waals surface area contributed by atoms with Gasteiger partial charge in [-0.3, -0.25) is 4.79 Å². The lowest BCUT2D eigenvalue weighted by Crippen LogP contribution is -2.39. The van der Waals surface area contributed by atoms with Crippen molar-refractivity contribution in [1.82, 2.24) is 5.32 Å². The highest BCUT2D eigenvalue weighted by Crippen LogP contribution is 2.35. The minimum atomic E-state index is -0.525. The standard InChI is InChI=1S/C15H21FN2O/c1-15(2)7-5-11(6-8-15)18-14(19)12-9-10(17)3-4-13(12)16/h3-4,9,11H,5-8,17H2,1-2H3,(H,18,19). The summed E-state index contributed by atoms with van der Waals surface area (Å²) in [6.07, 6.45) is 4.06. The molecule has 1 aromatic rings. The maximum atomic E-state index is 13.6. The Kier molecular flexibility index (Phi) is 3.78. The molecule has 0 spiro atoms. The molecule has 2 rings (SSSR count). The zero-order chi connectivity index (χ0) is 14.0. The summed E-state index contributed by atoms with van der Waals surface area (Å²) in [5, 5.41) is 2.91. The molecule has 3 nitrogen and oxygen atoms in total. The number of carbonyl (C=O) groups excluding carboxylic acids is 1. The van der Waals surface area contributed by atoms with Crippen LogP contribution in [0.25, 0.3) is 0 Å². The predicted molar refractivity (Wildman–Crippen MR) is 74.3 cm³/mol. The zero-order valence-electron chi connectivity index (χ0n) is 11.5. The molecule has 0 unspecified atom stereocenters. The topological polar surface area (TPSA) is 55.1 Å². The molecule has 0 bridgehead atoms. The number of hydrogen-bond acceptors (Lipinski definition) is 2. The molecule has 19 heavy (non-hydrogen) atoms. The third-order valence-electron chi connectivity index (χ3n) is 3.91. The number of halogens is 1. The molecule has 0 atom stereocenters. The van der Waals surface area contributed by atoms with Gasteiger partial charge < -0.3 is 11.1 Å². The van der Waals surface area contributed by atoms with Crippen LogP contribution in [0, 0.1) is 11.2 Å². The Labute approximate surface area is 113 Å². The highest BCUT2D eigenvalue weighted by molar-refractivity contribution is 5.95. The van der Waals surface area contributed by atoms with Gasteiger partial charge in [0, 0.05) is 11.7 Å². The fourth-order valence-corrected chi connectivity index (χ4v) is 2.52. The summed E-state index contributed by atoms with van der Waals surface area (Å²) in [5.41, 5.74) is 6.37. The van der Waals surface area contributed by atoms with E-state index < -0.39 is 5.82 Å². The van der Waals surface area contributed by atoms with Crippen LogP contribution in [0.5, 0.6) is 0 Å². The Balaban J connectivity index is 2.00. The minimum absolute atomic E-state index is 0.0323. The van der Waals surface area contributed by atoms with Crippen molar-refractivity contribution in [1.29, 1.82) is 0 Å². The molecule has 1 saturated carbocycles. The summed E-state index contributed by atoms with van der Waals surface area (Å²) in [6.45, 7) is 4.48. The second-order valence-electron chi connectivity index (χ2n) is 6.15. The van der Waals surface area contributed by atoms with E-state index in [2.05, 4.69) is 19.2 Å². The van der Waals surface area contributed by atoms with Gasteiger partial charge in [-0.15, -0.1) is 0 Å². The van der Waals surface area contributed by atoms with Crippen LogP contribution in [0.15, 0.2) is 18.2 Å². The third-order valence-corrected chi connectivity index (χ3v) is 3.91. The monoisotopic (exact) mass is 264 g/mol. The normalized spacial score (nSPS) is 19.1. The van der Waals surface area contributed by atoms with Crippen LogP contribution in [0.1, 0.15) is 49.9 Å². The maximum absolute atomic E-state index is 13.6. The second kappa shape index (κ2) is 5.19. The van der Waals surface area contributed by atoms with Gasteiger partial charge in [-0.05, 0) is 49.3 Å². The average molecular weight is 264 g/mol. The van der Waals surface area contributed by atoms with Crippen LogP contribution in [-0.2, 0) is 0 Å². The van der Waals surface area contributed by atoms with E-state index in [1.807, 2.05) is 0 Å². The van der Waals surface area contributed by atoms with Crippen LogP contribution in [0.2, 0.25) is 0 Å². The highest BCUT2D eigenvalue weighted by Gasteiger charge is 2.28. The number of nitrogens with two attached hydrogens (primary N) is 1. The lowest BCUT2D eigenvalue weighted by Gasteiger charge is -2.34. The SMILES string of the molecule is CC1(C)CCC(NC(=O)c2cc(N)ccc2F)CC1. The molecule has 1 amide bonds. The number of carbonyl (C=O) groups is 1. The molecule has 1 aliphatic carbocycles. The Bertz CT molecular complexity index is 475. The summed E-state index contributed by atoms with van der Waals surface area (Å²) in [6, 6.07) is 4.21. The van der Waals surface area contributed by atoms with Crippen LogP contribution in [-0.4, -0.2) is 11.9 Å². The first kappa shape index (κ1) is 13.8. The number of anilines is 1. The maximum Gasteiger partial charge on any atom is 0.254 e. The van der Waals surface area contributed by atoms with Crippen LogP contribution in [0.3, 0.4) is 0 Å². The molecule has 0 heterocycles. The molecule has 4 heteroatoms. The Morgan fingerprint density at radius 1 is 1.37 bits per heavy atom. The molecular formula is C15H21FN2O. The van der Waals surface area contributed by atoms with Gasteiger partial charge in [0.2, 0.25) is 0 Å². The second-order valence-corrected chi connectivity index (χ2v) is 6.15. The van der Waals surface area contributed by atoms with Gasteiger partial charge in [0.05, 0.1) is 5.56 Å². The zero-order valence-corrected chi connectivity index (χ0v) is 11.5. The molecule has 0 aromatic heterocycles. The molecule has 0 saturated heterocycles. The van der Waals surface area contributed by atoms with Crippen molar-refractivity contribution >= 4 is 11.6 Å². The van der Waals surface area contributed by atoms with Gasteiger partial charge >= 0.3 is 0 Å². The Hall–Kier alpha value is -1.58. The van der Waals surface area contributed by atoms with Gasteiger partial charge in [-0.2, -0.15) is 0 Å². The van der Waals surface area contributed by atoms with Gasteiger partial charge in [0.1, 0.15) is 5.82 Å². The number of amides is 1. The first-order valence-corrected chi connectivity index (χ1v) is 6.73. The van der Waals surface area contributed by atoms with E-state index in [4.69, 9.17) is 5.73 Å². The van der Waals surface area contributed by atoms with E-state index in [0.717, 1.165) is 25.7 Å². The molecule has 0 aliphatic heterocycles. The third kappa shape index (κ3) is 3.46. The van der Waals surface area contributed by atoms with Crippen molar-refractivity contribution in [3.63, 3.8) is 0 Å². The number of benzene rings is 1. The number of rotatable bonds is 2. The van der Waals surface area contributed by atoms with Crippen molar-refractivity contribution in [2.24, 2.45) is 5.41 Å². The molecule has 3 N–H and O–H groups in total. The van der Waals surface area contributed by atoms with Crippen molar-refractivity contribution < 1.29 is 9.18 Å². The fourth-order valence-electron chi connectivity index (χ4n) is 2.52. The molecule has 104 valence electrons. The van der Waals surface area contributed by atoms with Crippen LogP contribution >= 0.6 is 0 Å². The van der Waals surface area contributed by atoms with Crippen molar-refractivity contribution in [2.45, 2.75) is 45.6 Å². The minimum Gasteiger partial charge on any atom is -0.399 e. The van der Waals surface area contributed by atoms with Crippen molar-refractivity contribution in [3.05, 3.63) is 29.6 Å². The lowest BCUT2D eigenvalue weighted by molar-refractivity contribution is 0.0905. The Morgan fingerprint density at radius 2 is 2.00 bits per heavy atom. The lowest BCUT2D eigenvalue weighted by atomic mass is 9.75. The first-order valence-electron chi connectivity index (χ1n) is 6.73. The van der Waals surface area contributed by atoms with Crippen LogP contribution in [0.4, 0.5) is 10.1 Å². The van der Waals surface area contributed by atoms with Gasteiger partial charge in [0.15, 0.2) is 0 Å². The summed E-state index contributed by atoms with van der Waals surface area (Å²) in [5.74, 6) is -0.891. The van der Waals surface area contributed by atoms with Crippen molar-refractivity contribution in [2.75, 3.05) is 5.73 Å². The molecule has 0 radical (unpaired) electrons. The number of hydrogen-bond donors (Lipinski definition) is 2. The van der Waals surface area contributed by atoms with Gasteiger partial charge in [-0.25, -0.2) is 4.39 Å². The van der Waals surface area contributed by atoms with E-state index in [0.29, 0.717) is 11.1 Å². The summed E-state index contributed by atoms with van der Waals surface area (Å²) in [7, 11) is 0. The quantitative estimate of drug-likeness (QED) is 0.806. The number of nitrogen functional groups attached to an aromatic ring is 1. The summed E-state index contributed by atoms with van der Waals surface area (Å²) >= 11 is 0. The molecule has 1 aromatic carbocycles. The smallest absolute Gasteiger partial charge is 0.254 e. The van der Waals surface area contributed by atoms with E-state index in [-0.39, 0.29) is 17.5 Å². The number of nitrogens with one attached hydrogen (secondary N) is 1. The molecule has 1 fully saturated rings. The van der Waals surface area contributed by atoms with E-state index in [1.54, 1.807) is 0 Å². The molecular weight excluding hydrogens is 243 g/mol. The summed E-state index contributed by atoms with van der Waals surface area (Å²) < 4.78 is 13.6. The predicted octanol–water partition coefficient (Wildman–Crippen LogP) is 3.11. The van der Waals surface area contributed by atoms with Gasteiger partial charge in [0.25, 0.3) is 5.91 Å². The first-order chi connectivity index (χ1) is 8.87. The largest absolute Gasteiger partial charge is 0.399 e. The van der Waals surface area contributed by atoms with Crippen molar-refractivity contribution in [3.8, 4) is 0 Å². The highest BCUT2D eigenvalue weighted by atomic mass is 19.1. The molecule has 1 aliphatic rings. The summed E-state index contributed by atoms with van der Waals surface area (Å²) in [4.78, 5) is 12.0. The van der Waals surface area contributed by atoms with E-state index >= 15 is 0 Å².